The van der Waals surface area contributed by atoms with E-state index in [-0.39, 0.29) is 5.69 Å². The maximum atomic E-state index is 12.5. The summed E-state index contributed by atoms with van der Waals surface area (Å²) in [5.41, 5.74) is 0.912. The molecule has 2 aromatic carbocycles. The summed E-state index contributed by atoms with van der Waals surface area (Å²) in [4.78, 5) is 27.6. The van der Waals surface area contributed by atoms with Gasteiger partial charge in [0.05, 0.1) is 25.7 Å². The van der Waals surface area contributed by atoms with Crippen LogP contribution in [0.5, 0.6) is 0 Å². The molecular formula is C17H12ClN3O3S. The van der Waals surface area contributed by atoms with E-state index in [4.69, 9.17) is 11.6 Å². The maximum Gasteiger partial charge on any atom is 0.281 e. The molecule has 0 aliphatic heterocycles. The molecule has 0 bridgehead atoms. The van der Waals surface area contributed by atoms with Crippen LogP contribution in [0.15, 0.2) is 60.1 Å². The number of halogens is 1. The number of aromatic nitrogens is 1. The lowest BCUT2D eigenvalue weighted by Crippen LogP contribution is -2.16. The fourth-order valence-electron chi connectivity index (χ4n) is 2.34. The van der Waals surface area contributed by atoms with Crippen LogP contribution in [0, 0.1) is 10.1 Å². The van der Waals surface area contributed by atoms with Gasteiger partial charge in [0.25, 0.3) is 11.6 Å². The summed E-state index contributed by atoms with van der Waals surface area (Å²) in [6.07, 6.45) is 1.64. The normalized spacial score (nSPS) is 11.6. The van der Waals surface area contributed by atoms with E-state index in [1.807, 2.05) is 0 Å². The van der Waals surface area contributed by atoms with Gasteiger partial charge in [-0.3, -0.25) is 14.9 Å². The molecule has 0 atom stereocenters. The van der Waals surface area contributed by atoms with Gasteiger partial charge in [-0.1, -0.05) is 41.1 Å². The van der Waals surface area contributed by atoms with Crippen LogP contribution in [-0.4, -0.2) is 15.4 Å². The summed E-state index contributed by atoms with van der Waals surface area (Å²) in [5.74, 6) is -0.468. The fraction of sp³-hybridized carbons (Fsp3) is 0.0588. The first-order valence-corrected chi connectivity index (χ1v) is 8.43. The van der Waals surface area contributed by atoms with Gasteiger partial charge in [-0.25, -0.2) is 0 Å². The molecule has 1 heterocycles. The van der Waals surface area contributed by atoms with Crippen molar-refractivity contribution >= 4 is 44.7 Å². The molecule has 3 rings (SSSR count). The largest absolute Gasteiger partial charge is 0.312 e. The average molecular weight is 374 g/mol. The molecule has 1 aromatic heterocycles. The molecule has 25 heavy (non-hydrogen) atoms. The number of hydrogen-bond acceptors (Lipinski definition) is 4. The number of non-ortho nitro benzene ring substituents is 1. The van der Waals surface area contributed by atoms with E-state index in [1.54, 1.807) is 41.0 Å². The third-order valence-electron chi connectivity index (χ3n) is 3.49. The standard InChI is InChI=1S/C17H12ClN3O3S/c1-2-9-20-14-10-11(21(23)24)7-8-15(14)25-17(20)19-16(22)12-5-3-4-6-13(12)18/h2-8,10H,1,9H2. The van der Waals surface area contributed by atoms with Gasteiger partial charge in [0.2, 0.25) is 0 Å². The van der Waals surface area contributed by atoms with Crippen molar-refractivity contribution in [1.82, 2.24) is 4.57 Å². The molecule has 6 nitrogen and oxygen atoms in total. The van der Waals surface area contributed by atoms with E-state index in [0.29, 0.717) is 27.4 Å². The number of hydrogen-bond donors (Lipinski definition) is 0. The monoisotopic (exact) mass is 373 g/mol. The van der Waals surface area contributed by atoms with Gasteiger partial charge in [-0.2, -0.15) is 4.99 Å². The zero-order valence-electron chi connectivity index (χ0n) is 12.9. The van der Waals surface area contributed by atoms with Gasteiger partial charge >= 0.3 is 0 Å². The Kier molecular flexibility index (Phi) is 4.78. The molecule has 0 N–H and O–H groups in total. The molecule has 0 saturated carbocycles. The zero-order chi connectivity index (χ0) is 18.0. The van der Waals surface area contributed by atoms with Crippen molar-refractivity contribution in [3.8, 4) is 0 Å². The Hall–Kier alpha value is -2.77. The number of nitro groups is 1. The van der Waals surface area contributed by atoms with Crippen molar-refractivity contribution in [3.05, 3.63) is 80.6 Å². The average Bonchev–Trinajstić information content (AvgIpc) is 2.92. The highest BCUT2D eigenvalue weighted by Gasteiger charge is 2.14. The van der Waals surface area contributed by atoms with E-state index in [2.05, 4.69) is 11.6 Å². The molecule has 126 valence electrons. The van der Waals surface area contributed by atoms with E-state index in [1.165, 1.54) is 23.5 Å². The first-order valence-electron chi connectivity index (χ1n) is 7.23. The lowest BCUT2D eigenvalue weighted by molar-refractivity contribution is -0.384. The van der Waals surface area contributed by atoms with Crippen molar-refractivity contribution in [2.24, 2.45) is 4.99 Å². The molecular weight excluding hydrogens is 362 g/mol. The molecule has 0 aliphatic rings. The van der Waals surface area contributed by atoms with Crippen LogP contribution in [0.1, 0.15) is 10.4 Å². The molecule has 0 saturated heterocycles. The number of carbonyl (C=O) groups excluding carboxylic acids is 1. The zero-order valence-corrected chi connectivity index (χ0v) is 14.5. The smallest absolute Gasteiger partial charge is 0.281 e. The van der Waals surface area contributed by atoms with Crippen molar-refractivity contribution in [2.45, 2.75) is 6.54 Å². The third kappa shape index (κ3) is 3.38. The van der Waals surface area contributed by atoms with Crippen molar-refractivity contribution in [1.29, 1.82) is 0 Å². The first kappa shape index (κ1) is 17.1. The Morgan fingerprint density at radius 2 is 2.12 bits per heavy atom. The van der Waals surface area contributed by atoms with E-state index in [0.717, 1.165) is 4.70 Å². The number of benzene rings is 2. The number of allylic oxidation sites excluding steroid dienone is 1. The SMILES string of the molecule is C=CCn1c(=NC(=O)c2ccccc2Cl)sc2ccc([N+](=O)[O-])cc21. The summed E-state index contributed by atoms with van der Waals surface area (Å²) in [5, 5.41) is 11.3. The van der Waals surface area contributed by atoms with Crippen LogP contribution in [0.4, 0.5) is 5.69 Å². The van der Waals surface area contributed by atoms with E-state index in [9.17, 15) is 14.9 Å². The predicted molar refractivity (Wildman–Crippen MR) is 98.0 cm³/mol. The number of thiazole rings is 1. The van der Waals surface area contributed by atoms with Gasteiger partial charge in [-0.15, -0.1) is 6.58 Å². The first-order chi connectivity index (χ1) is 12.0. The van der Waals surface area contributed by atoms with Crippen LogP contribution in [0.3, 0.4) is 0 Å². The Labute approximate surface area is 151 Å². The molecule has 0 fully saturated rings. The summed E-state index contributed by atoms with van der Waals surface area (Å²) < 4.78 is 2.51. The van der Waals surface area contributed by atoms with Crippen molar-refractivity contribution in [2.75, 3.05) is 0 Å². The van der Waals surface area contributed by atoms with E-state index >= 15 is 0 Å². The predicted octanol–water partition coefficient (Wildman–Crippen LogP) is 4.19. The molecule has 0 spiro atoms. The van der Waals surface area contributed by atoms with Gasteiger partial charge in [0.15, 0.2) is 4.80 Å². The summed E-state index contributed by atoms with van der Waals surface area (Å²) in [7, 11) is 0. The summed E-state index contributed by atoms with van der Waals surface area (Å²) in [6.45, 7) is 4.07. The van der Waals surface area contributed by atoms with Gasteiger partial charge < -0.3 is 4.57 Å². The second-order valence-corrected chi connectivity index (χ2v) is 6.51. The van der Waals surface area contributed by atoms with Crippen LogP contribution >= 0.6 is 22.9 Å². The Morgan fingerprint density at radius 1 is 1.36 bits per heavy atom. The quantitative estimate of drug-likeness (QED) is 0.391. The minimum atomic E-state index is -0.468. The molecule has 3 aromatic rings. The summed E-state index contributed by atoms with van der Waals surface area (Å²) in [6, 6.07) is 11.2. The van der Waals surface area contributed by atoms with Crippen LogP contribution < -0.4 is 4.80 Å². The number of amides is 1. The molecule has 1 amide bonds. The maximum absolute atomic E-state index is 12.5. The topological polar surface area (TPSA) is 77.5 Å². The van der Waals surface area contributed by atoms with Gasteiger partial charge in [0.1, 0.15) is 0 Å². The molecule has 0 radical (unpaired) electrons. The number of carbonyl (C=O) groups is 1. The minimum absolute atomic E-state index is 0.0212. The summed E-state index contributed by atoms with van der Waals surface area (Å²) >= 11 is 7.32. The van der Waals surface area contributed by atoms with Gasteiger partial charge in [0, 0.05) is 18.7 Å². The Balaban J connectivity index is 2.19. The lowest BCUT2D eigenvalue weighted by atomic mass is 10.2. The van der Waals surface area contributed by atoms with Crippen LogP contribution in [0.2, 0.25) is 5.02 Å². The highest BCUT2D eigenvalue weighted by molar-refractivity contribution is 7.16. The highest BCUT2D eigenvalue weighted by Crippen LogP contribution is 2.23. The Bertz CT molecular complexity index is 1070. The third-order valence-corrected chi connectivity index (χ3v) is 4.88. The second-order valence-electron chi connectivity index (χ2n) is 5.09. The number of nitro benzene ring substituents is 1. The fourth-order valence-corrected chi connectivity index (χ4v) is 3.58. The molecule has 0 unspecified atom stereocenters. The van der Waals surface area contributed by atoms with Gasteiger partial charge in [-0.05, 0) is 18.2 Å². The van der Waals surface area contributed by atoms with Crippen molar-refractivity contribution in [3.63, 3.8) is 0 Å². The Morgan fingerprint density at radius 3 is 2.80 bits per heavy atom. The number of nitrogens with zero attached hydrogens (tertiary/aromatic N) is 3. The van der Waals surface area contributed by atoms with Crippen LogP contribution in [-0.2, 0) is 6.54 Å². The van der Waals surface area contributed by atoms with Crippen molar-refractivity contribution < 1.29 is 9.72 Å². The lowest BCUT2D eigenvalue weighted by Gasteiger charge is -2.01. The molecule has 0 aliphatic carbocycles. The molecule has 8 heteroatoms. The van der Waals surface area contributed by atoms with Crippen LogP contribution in [0.25, 0.3) is 10.2 Å². The second kappa shape index (κ2) is 7.00. The minimum Gasteiger partial charge on any atom is -0.312 e. The highest BCUT2D eigenvalue weighted by atomic mass is 35.5. The number of rotatable bonds is 4. The number of fused-ring (bicyclic) bond motifs is 1. The van der Waals surface area contributed by atoms with E-state index < -0.39 is 10.8 Å².